The van der Waals surface area contributed by atoms with Gasteiger partial charge in [0.05, 0.1) is 13.2 Å². The zero-order chi connectivity index (χ0) is 8.97. The van der Waals surface area contributed by atoms with Gasteiger partial charge >= 0.3 is 0 Å². The standard InChI is InChI=1S/C7H14N4O/c1-2-3-6-9-7(8)11(10-6)4-5-12/h12H,2-5H2,1H3,(H2,8,9,10). The summed E-state index contributed by atoms with van der Waals surface area (Å²) in [5, 5.41) is 12.7. The van der Waals surface area contributed by atoms with Crippen LogP contribution in [0.4, 0.5) is 5.95 Å². The summed E-state index contributed by atoms with van der Waals surface area (Å²) >= 11 is 0. The summed E-state index contributed by atoms with van der Waals surface area (Å²) in [7, 11) is 0. The Kier molecular flexibility index (Phi) is 3.04. The van der Waals surface area contributed by atoms with E-state index in [2.05, 4.69) is 17.0 Å². The van der Waals surface area contributed by atoms with Crippen molar-refractivity contribution in [2.75, 3.05) is 12.3 Å². The van der Waals surface area contributed by atoms with E-state index in [0.717, 1.165) is 18.7 Å². The molecule has 5 heteroatoms. The van der Waals surface area contributed by atoms with Crippen molar-refractivity contribution in [1.29, 1.82) is 0 Å². The second-order valence-electron chi connectivity index (χ2n) is 2.58. The van der Waals surface area contributed by atoms with Crippen LogP contribution in [0.5, 0.6) is 0 Å². The molecule has 0 spiro atoms. The molecule has 3 N–H and O–H groups in total. The van der Waals surface area contributed by atoms with E-state index >= 15 is 0 Å². The Balaban J connectivity index is 2.70. The normalized spacial score (nSPS) is 10.5. The highest BCUT2D eigenvalue weighted by molar-refractivity contribution is 5.15. The molecule has 0 aromatic carbocycles. The average Bonchev–Trinajstić information content (AvgIpc) is 2.34. The predicted molar refractivity (Wildman–Crippen MR) is 45.5 cm³/mol. The fourth-order valence-corrected chi connectivity index (χ4v) is 0.992. The fourth-order valence-electron chi connectivity index (χ4n) is 0.992. The monoisotopic (exact) mass is 170 g/mol. The van der Waals surface area contributed by atoms with Gasteiger partial charge < -0.3 is 10.8 Å². The second-order valence-corrected chi connectivity index (χ2v) is 2.58. The number of aliphatic hydroxyl groups excluding tert-OH is 1. The minimum Gasteiger partial charge on any atom is -0.394 e. The number of hydrogen-bond donors (Lipinski definition) is 2. The first kappa shape index (κ1) is 8.99. The van der Waals surface area contributed by atoms with Gasteiger partial charge in [-0.05, 0) is 6.42 Å². The molecule has 0 amide bonds. The van der Waals surface area contributed by atoms with Crippen molar-refractivity contribution in [2.24, 2.45) is 0 Å². The first-order valence-electron chi connectivity index (χ1n) is 4.08. The van der Waals surface area contributed by atoms with Crippen LogP contribution in [0.2, 0.25) is 0 Å². The summed E-state index contributed by atoms with van der Waals surface area (Å²) in [6.45, 7) is 2.52. The van der Waals surface area contributed by atoms with Crippen molar-refractivity contribution in [3.63, 3.8) is 0 Å². The largest absolute Gasteiger partial charge is 0.394 e. The second kappa shape index (κ2) is 4.06. The maximum Gasteiger partial charge on any atom is 0.218 e. The lowest BCUT2D eigenvalue weighted by Gasteiger charge is -1.96. The Morgan fingerprint density at radius 1 is 1.58 bits per heavy atom. The number of nitrogens with two attached hydrogens (primary N) is 1. The van der Waals surface area contributed by atoms with Crippen LogP contribution in [0.25, 0.3) is 0 Å². The number of anilines is 1. The van der Waals surface area contributed by atoms with Crippen molar-refractivity contribution in [2.45, 2.75) is 26.3 Å². The lowest BCUT2D eigenvalue weighted by molar-refractivity contribution is 0.270. The minimum absolute atomic E-state index is 0.0408. The number of rotatable bonds is 4. The Morgan fingerprint density at radius 2 is 2.33 bits per heavy atom. The summed E-state index contributed by atoms with van der Waals surface area (Å²) in [4.78, 5) is 4.04. The molecule has 0 aliphatic heterocycles. The summed E-state index contributed by atoms with van der Waals surface area (Å²) < 4.78 is 1.52. The SMILES string of the molecule is CCCc1nc(N)n(CCO)n1. The van der Waals surface area contributed by atoms with Gasteiger partial charge in [0.1, 0.15) is 0 Å². The van der Waals surface area contributed by atoms with E-state index in [-0.39, 0.29) is 6.61 Å². The van der Waals surface area contributed by atoms with Gasteiger partial charge in [0.2, 0.25) is 5.95 Å². The van der Waals surface area contributed by atoms with Gasteiger partial charge in [0.15, 0.2) is 5.82 Å². The first-order valence-corrected chi connectivity index (χ1v) is 4.08. The molecule has 1 aromatic heterocycles. The molecule has 0 atom stereocenters. The molecule has 5 nitrogen and oxygen atoms in total. The van der Waals surface area contributed by atoms with E-state index in [9.17, 15) is 0 Å². The van der Waals surface area contributed by atoms with Gasteiger partial charge in [-0.2, -0.15) is 10.1 Å². The smallest absolute Gasteiger partial charge is 0.218 e. The van der Waals surface area contributed by atoms with Crippen LogP contribution in [-0.2, 0) is 13.0 Å². The predicted octanol–water partition coefficient (Wildman–Crippen LogP) is -0.195. The van der Waals surface area contributed by atoms with Crippen molar-refractivity contribution in [1.82, 2.24) is 14.8 Å². The van der Waals surface area contributed by atoms with Crippen molar-refractivity contribution in [3.8, 4) is 0 Å². The maximum atomic E-state index is 8.64. The summed E-state index contributed by atoms with van der Waals surface area (Å²) in [5.74, 6) is 1.14. The lowest BCUT2D eigenvalue weighted by Crippen LogP contribution is -2.07. The molecule has 1 rings (SSSR count). The van der Waals surface area contributed by atoms with Crippen LogP contribution in [0, 0.1) is 0 Å². The van der Waals surface area contributed by atoms with Crippen LogP contribution in [0.1, 0.15) is 19.2 Å². The molecule has 0 saturated heterocycles. The molecule has 0 bridgehead atoms. The third-order valence-electron chi connectivity index (χ3n) is 1.53. The van der Waals surface area contributed by atoms with Crippen molar-refractivity contribution >= 4 is 5.95 Å². The number of hydrogen-bond acceptors (Lipinski definition) is 4. The van der Waals surface area contributed by atoms with Gasteiger partial charge in [0.25, 0.3) is 0 Å². The van der Waals surface area contributed by atoms with Gasteiger partial charge in [-0.3, -0.25) is 0 Å². The Morgan fingerprint density at radius 3 is 2.92 bits per heavy atom. The summed E-state index contributed by atoms with van der Waals surface area (Å²) in [6, 6.07) is 0. The third kappa shape index (κ3) is 1.94. The number of nitrogens with zero attached hydrogens (tertiary/aromatic N) is 3. The molecular formula is C7H14N4O. The molecule has 0 radical (unpaired) electrons. The number of aliphatic hydroxyl groups is 1. The molecule has 1 heterocycles. The maximum absolute atomic E-state index is 8.64. The number of nitrogen functional groups attached to an aromatic ring is 1. The van der Waals surface area contributed by atoms with Gasteiger partial charge in [0, 0.05) is 6.42 Å². The zero-order valence-corrected chi connectivity index (χ0v) is 7.19. The van der Waals surface area contributed by atoms with Crippen LogP contribution in [0.3, 0.4) is 0 Å². The third-order valence-corrected chi connectivity index (χ3v) is 1.53. The average molecular weight is 170 g/mol. The molecule has 0 aliphatic carbocycles. The van der Waals surface area contributed by atoms with Crippen molar-refractivity contribution in [3.05, 3.63) is 5.82 Å². The highest BCUT2D eigenvalue weighted by Gasteiger charge is 2.04. The molecular weight excluding hydrogens is 156 g/mol. The van der Waals surface area contributed by atoms with E-state index < -0.39 is 0 Å². The molecule has 0 fully saturated rings. The Labute approximate surface area is 71.2 Å². The van der Waals surface area contributed by atoms with Gasteiger partial charge in [-0.25, -0.2) is 4.68 Å². The molecule has 1 aromatic rings. The quantitative estimate of drug-likeness (QED) is 0.656. The molecule has 12 heavy (non-hydrogen) atoms. The van der Waals surface area contributed by atoms with Crippen LogP contribution in [-0.4, -0.2) is 26.5 Å². The fraction of sp³-hybridized carbons (Fsp3) is 0.714. The van der Waals surface area contributed by atoms with Gasteiger partial charge in [-0.15, -0.1) is 0 Å². The first-order chi connectivity index (χ1) is 5.77. The highest BCUT2D eigenvalue weighted by Crippen LogP contribution is 2.01. The minimum atomic E-state index is 0.0408. The van der Waals surface area contributed by atoms with Crippen LogP contribution >= 0.6 is 0 Å². The van der Waals surface area contributed by atoms with E-state index in [1.54, 1.807) is 0 Å². The Bertz CT molecular complexity index is 246. The topological polar surface area (TPSA) is 77.0 Å². The highest BCUT2D eigenvalue weighted by atomic mass is 16.3. The van der Waals surface area contributed by atoms with Crippen LogP contribution in [0.15, 0.2) is 0 Å². The molecule has 0 unspecified atom stereocenters. The van der Waals surface area contributed by atoms with E-state index in [0.29, 0.717) is 12.5 Å². The van der Waals surface area contributed by atoms with E-state index in [1.165, 1.54) is 4.68 Å². The van der Waals surface area contributed by atoms with Crippen molar-refractivity contribution < 1.29 is 5.11 Å². The lowest BCUT2D eigenvalue weighted by atomic mass is 10.3. The summed E-state index contributed by atoms with van der Waals surface area (Å²) in [5.41, 5.74) is 5.54. The van der Waals surface area contributed by atoms with E-state index in [4.69, 9.17) is 10.8 Å². The number of aryl methyl sites for hydroxylation is 1. The van der Waals surface area contributed by atoms with Crippen LogP contribution < -0.4 is 5.73 Å². The number of aromatic nitrogens is 3. The Hall–Kier alpha value is -1.10. The zero-order valence-electron chi connectivity index (χ0n) is 7.19. The van der Waals surface area contributed by atoms with Gasteiger partial charge in [-0.1, -0.05) is 6.92 Å². The summed E-state index contributed by atoms with van der Waals surface area (Å²) in [6.07, 6.45) is 1.84. The van der Waals surface area contributed by atoms with E-state index in [1.807, 2.05) is 0 Å². The molecule has 0 saturated carbocycles. The molecule has 68 valence electrons. The molecule has 0 aliphatic rings.